The molecule has 1 saturated heterocycles. The summed E-state index contributed by atoms with van der Waals surface area (Å²) >= 11 is 0. The minimum atomic E-state index is -1.01. The van der Waals surface area contributed by atoms with Gasteiger partial charge >= 0.3 is 5.97 Å². The van der Waals surface area contributed by atoms with Crippen LogP contribution in [0.5, 0.6) is 0 Å². The first-order valence-electron chi connectivity index (χ1n) is 8.62. The molecule has 7 nitrogen and oxygen atoms in total. The zero-order valence-electron chi connectivity index (χ0n) is 14.1. The lowest BCUT2D eigenvalue weighted by Crippen LogP contribution is -2.52. The third-order valence-electron chi connectivity index (χ3n) is 5.30. The number of carbonyl (C=O) groups is 2. The molecule has 0 bridgehead atoms. The van der Waals surface area contributed by atoms with Gasteiger partial charge in [0.2, 0.25) is 0 Å². The quantitative estimate of drug-likeness (QED) is 0.889. The third kappa shape index (κ3) is 3.05. The maximum Gasteiger partial charge on any atom is 0.313 e. The predicted octanol–water partition coefficient (Wildman–Crippen LogP) is 1.95. The normalized spacial score (nSPS) is 25.1. The highest BCUT2D eigenvalue weighted by Gasteiger charge is 2.44. The van der Waals surface area contributed by atoms with E-state index in [9.17, 15) is 14.7 Å². The summed E-state index contributed by atoms with van der Waals surface area (Å²) in [5.41, 5.74) is -0.443. The standard InChI is InChI=1S/C17H25N3O4/c1-24-12-17(16(22)23)8-4-10-19(11-17)15(21)14-7-9-18-20(14)13-5-2-3-6-13/h7,9,13H,2-6,8,10-12H2,1H3,(H,22,23). The van der Waals surface area contributed by atoms with Gasteiger partial charge in [0.1, 0.15) is 11.1 Å². The van der Waals surface area contributed by atoms with E-state index in [4.69, 9.17) is 4.74 Å². The van der Waals surface area contributed by atoms with Gasteiger partial charge in [-0.15, -0.1) is 0 Å². The Kier molecular flexibility index (Phi) is 4.89. The average molecular weight is 335 g/mol. The van der Waals surface area contributed by atoms with E-state index < -0.39 is 11.4 Å². The van der Waals surface area contributed by atoms with Crippen molar-refractivity contribution in [2.24, 2.45) is 5.41 Å². The van der Waals surface area contributed by atoms with Gasteiger partial charge in [0, 0.05) is 26.4 Å². The molecule has 1 atom stereocenters. The van der Waals surface area contributed by atoms with Crippen LogP contribution in [-0.2, 0) is 9.53 Å². The summed E-state index contributed by atoms with van der Waals surface area (Å²) in [5, 5.41) is 14.0. The first kappa shape index (κ1) is 17.0. The fourth-order valence-electron chi connectivity index (χ4n) is 4.02. The molecule has 1 amide bonds. The largest absolute Gasteiger partial charge is 0.481 e. The highest BCUT2D eigenvalue weighted by molar-refractivity contribution is 5.93. The van der Waals surface area contributed by atoms with Crippen LogP contribution in [0.2, 0.25) is 0 Å². The Morgan fingerprint density at radius 3 is 2.79 bits per heavy atom. The van der Waals surface area contributed by atoms with Crippen LogP contribution in [0.3, 0.4) is 0 Å². The number of hydrogen-bond acceptors (Lipinski definition) is 4. The Morgan fingerprint density at radius 2 is 2.12 bits per heavy atom. The summed E-state index contributed by atoms with van der Waals surface area (Å²) in [5.74, 6) is -1.02. The Labute approximate surface area is 141 Å². The molecule has 2 aliphatic rings. The molecule has 1 N–H and O–H groups in total. The summed E-state index contributed by atoms with van der Waals surface area (Å²) in [6.07, 6.45) is 7.28. The predicted molar refractivity (Wildman–Crippen MR) is 86.8 cm³/mol. The van der Waals surface area contributed by atoms with Crippen molar-refractivity contribution in [1.82, 2.24) is 14.7 Å². The molecule has 132 valence electrons. The van der Waals surface area contributed by atoms with E-state index >= 15 is 0 Å². The van der Waals surface area contributed by atoms with Gasteiger partial charge in [-0.05, 0) is 31.7 Å². The number of ether oxygens (including phenoxy) is 1. The summed E-state index contributed by atoms with van der Waals surface area (Å²) < 4.78 is 6.97. The molecule has 0 spiro atoms. The number of carbonyl (C=O) groups excluding carboxylic acids is 1. The van der Waals surface area contributed by atoms with Gasteiger partial charge in [0.05, 0.1) is 12.6 Å². The average Bonchev–Trinajstić information content (AvgIpc) is 3.25. The molecule has 0 aromatic carbocycles. The second-order valence-corrected chi connectivity index (χ2v) is 6.95. The fourth-order valence-corrected chi connectivity index (χ4v) is 4.02. The zero-order chi connectivity index (χ0) is 17.2. The number of nitrogens with zero attached hydrogens (tertiary/aromatic N) is 3. The number of carboxylic acid groups (broad SMARTS) is 1. The van der Waals surface area contributed by atoms with Gasteiger partial charge in [-0.2, -0.15) is 5.10 Å². The van der Waals surface area contributed by atoms with Crippen molar-refractivity contribution in [3.63, 3.8) is 0 Å². The first-order chi connectivity index (χ1) is 11.6. The highest BCUT2D eigenvalue weighted by atomic mass is 16.5. The fraction of sp³-hybridized carbons (Fsp3) is 0.706. The number of hydrogen-bond donors (Lipinski definition) is 1. The number of methoxy groups -OCH3 is 1. The Hall–Kier alpha value is -1.89. The highest BCUT2D eigenvalue weighted by Crippen LogP contribution is 2.33. The molecule has 1 saturated carbocycles. The van der Waals surface area contributed by atoms with Crippen molar-refractivity contribution in [2.75, 3.05) is 26.8 Å². The van der Waals surface area contributed by atoms with Crippen LogP contribution in [0, 0.1) is 5.41 Å². The molecule has 1 unspecified atom stereocenters. The lowest BCUT2D eigenvalue weighted by atomic mass is 9.80. The van der Waals surface area contributed by atoms with E-state index in [1.54, 1.807) is 17.2 Å². The number of rotatable bonds is 5. The monoisotopic (exact) mass is 335 g/mol. The molecule has 1 aromatic heterocycles. The minimum absolute atomic E-state index is 0.119. The maximum atomic E-state index is 13.0. The molecule has 1 aliphatic carbocycles. The van der Waals surface area contributed by atoms with Gasteiger partial charge < -0.3 is 14.7 Å². The van der Waals surface area contributed by atoms with E-state index in [1.807, 2.05) is 4.68 Å². The maximum absolute atomic E-state index is 13.0. The molecule has 1 aliphatic heterocycles. The van der Waals surface area contributed by atoms with E-state index in [-0.39, 0.29) is 25.1 Å². The van der Waals surface area contributed by atoms with Gasteiger partial charge in [-0.25, -0.2) is 0 Å². The Balaban J connectivity index is 1.80. The summed E-state index contributed by atoms with van der Waals surface area (Å²) in [6, 6.07) is 2.03. The van der Waals surface area contributed by atoms with Crippen LogP contribution in [0.1, 0.15) is 55.1 Å². The van der Waals surface area contributed by atoms with Gasteiger partial charge in [-0.1, -0.05) is 12.8 Å². The number of aromatic nitrogens is 2. The second-order valence-electron chi connectivity index (χ2n) is 6.95. The molecule has 24 heavy (non-hydrogen) atoms. The Bertz CT molecular complexity index is 605. The molecule has 7 heteroatoms. The number of likely N-dealkylation sites (tertiary alicyclic amines) is 1. The van der Waals surface area contributed by atoms with Crippen LogP contribution in [-0.4, -0.2) is 58.5 Å². The number of aliphatic carboxylic acids is 1. The van der Waals surface area contributed by atoms with Crippen LogP contribution < -0.4 is 0 Å². The molecule has 1 aromatic rings. The van der Waals surface area contributed by atoms with Crippen molar-refractivity contribution in [3.05, 3.63) is 18.0 Å². The molecule has 2 heterocycles. The topological polar surface area (TPSA) is 84.7 Å². The van der Waals surface area contributed by atoms with Gasteiger partial charge in [-0.3, -0.25) is 14.3 Å². The molecule has 3 rings (SSSR count). The molecule has 2 fully saturated rings. The third-order valence-corrected chi connectivity index (χ3v) is 5.30. The Morgan fingerprint density at radius 1 is 1.38 bits per heavy atom. The van der Waals surface area contributed by atoms with E-state index in [0.29, 0.717) is 25.1 Å². The molecule has 0 radical (unpaired) electrons. The number of piperidine rings is 1. The van der Waals surface area contributed by atoms with E-state index in [0.717, 1.165) is 25.7 Å². The zero-order valence-corrected chi connectivity index (χ0v) is 14.1. The summed E-state index contributed by atoms with van der Waals surface area (Å²) in [4.78, 5) is 26.4. The van der Waals surface area contributed by atoms with Gasteiger partial charge in [0.15, 0.2) is 0 Å². The lowest BCUT2D eigenvalue weighted by Gasteiger charge is -2.39. The number of amides is 1. The van der Waals surface area contributed by atoms with Crippen molar-refractivity contribution in [2.45, 2.75) is 44.6 Å². The number of carboxylic acids is 1. The van der Waals surface area contributed by atoms with Crippen LogP contribution in [0.15, 0.2) is 12.3 Å². The first-order valence-corrected chi connectivity index (χ1v) is 8.62. The lowest BCUT2D eigenvalue weighted by molar-refractivity contribution is -0.155. The van der Waals surface area contributed by atoms with Gasteiger partial charge in [0.25, 0.3) is 5.91 Å². The van der Waals surface area contributed by atoms with Crippen molar-refractivity contribution in [1.29, 1.82) is 0 Å². The van der Waals surface area contributed by atoms with Crippen LogP contribution in [0.25, 0.3) is 0 Å². The van der Waals surface area contributed by atoms with E-state index in [2.05, 4.69) is 5.10 Å². The van der Waals surface area contributed by atoms with Crippen LogP contribution >= 0.6 is 0 Å². The molecular weight excluding hydrogens is 310 g/mol. The van der Waals surface area contributed by atoms with E-state index in [1.165, 1.54) is 7.11 Å². The summed E-state index contributed by atoms with van der Waals surface area (Å²) in [6.45, 7) is 0.881. The SMILES string of the molecule is COCC1(C(=O)O)CCCN(C(=O)c2ccnn2C2CCCC2)C1. The van der Waals surface area contributed by atoms with Crippen LogP contribution in [0.4, 0.5) is 0 Å². The smallest absolute Gasteiger partial charge is 0.313 e. The van der Waals surface area contributed by atoms with Crippen molar-refractivity contribution in [3.8, 4) is 0 Å². The second kappa shape index (κ2) is 6.93. The van der Waals surface area contributed by atoms with Crippen molar-refractivity contribution >= 4 is 11.9 Å². The minimum Gasteiger partial charge on any atom is -0.481 e. The summed E-state index contributed by atoms with van der Waals surface area (Å²) in [7, 11) is 1.50. The van der Waals surface area contributed by atoms with Crippen molar-refractivity contribution < 1.29 is 19.4 Å². The molecular formula is C17H25N3O4.